The second-order valence-corrected chi connectivity index (χ2v) is 7.80. The predicted molar refractivity (Wildman–Crippen MR) is 86.0 cm³/mol. The first-order valence-corrected chi connectivity index (χ1v) is 9.42. The first-order chi connectivity index (χ1) is 9.48. The highest BCUT2D eigenvalue weighted by Crippen LogP contribution is 2.22. The molecule has 0 aliphatic heterocycles. The number of ether oxygens (including phenoxy) is 1. The Morgan fingerprint density at radius 3 is 2.70 bits per heavy atom. The molecule has 0 bridgehead atoms. The molecule has 0 unspecified atom stereocenters. The van der Waals surface area contributed by atoms with Crippen LogP contribution in [0.15, 0.2) is 22.7 Å². The van der Waals surface area contributed by atoms with Gasteiger partial charge in [-0.05, 0) is 36.7 Å². The van der Waals surface area contributed by atoms with Crippen molar-refractivity contribution in [3.63, 3.8) is 0 Å². The van der Waals surface area contributed by atoms with Crippen molar-refractivity contribution in [2.75, 3.05) is 24.7 Å². The molecule has 1 aromatic rings. The standard InChI is InChI=1S/C14H22BrNO3S/c1-3-16-11-12-10-13(6-7-14(12)15)19-8-5-9-20(17,18)4-2/h6-7,10,16H,3-5,8-9,11H2,1-2H3. The van der Waals surface area contributed by atoms with Crippen LogP contribution in [0.2, 0.25) is 0 Å². The Bertz CT molecular complexity index is 517. The summed E-state index contributed by atoms with van der Waals surface area (Å²) in [5.41, 5.74) is 1.13. The number of hydrogen-bond acceptors (Lipinski definition) is 4. The average molecular weight is 364 g/mol. The molecule has 0 aliphatic carbocycles. The van der Waals surface area contributed by atoms with E-state index in [1.54, 1.807) is 6.92 Å². The lowest BCUT2D eigenvalue weighted by molar-refractivity contribution is 0.317. The molecular weight excluding hydrogens is 342 g/mol. The lowest BCUT2D eigenvalue weighted by Crippen LogP contribution is -2.13. The Labute approximate surface area is 130 Å². The molecule has 0 aromatic heterocycles. The Hall–Kier alpha value is -0.590. The van der Waals surface area contributed by atoms with Crippen LogP contribution in [0.4, 0.5) is 0 Å². The summed E-state index contributed by atoms with van der Waals surface area (Å²) in [5, 5.41) is 3.26. The van der Waals surface area contributed by atoms with Crippen molar-refractivity contribution in [1.29, 1.82) is 0 Å². The zero-order valence-electron chi connectivity index (χ0n) is 12.0. The molecule has 1 N–H and O–H groups in total. The number of nitrogens with one attached hydrogen (secondary N) is 1. The van der Waals surface area contributed by atoms with Gasteiger partial charge in [-0.2, -0.15) is 0 Å². The van der Waals surface area contributed by atoms with Gasteiger partial charge in [-0.3, -0.25) is 0 Å². The topological polar surface area (TPSA) is 55.4 Å². The largest absolute Gasteiger partial charge is 0.494 e. The number of rotatable bonds is 9. The minimum atomic E-state index is -2.90. The van der Waals surface area contributed by atoms with Crippen molar-refractivity contribution in [3.8, 4) is 5.75 Å². The lowest BCUT2D eigenvalue weighted by Gasteiger charge is -2.10. The Kier molecular flexibility index (Phi) is 7.55. The average Bonchev–Trinajstić information content (AvgIpc) is 2.43. The Morgan fingerprint density at radius 2 is 2.05 bits per heavy atom. The second kappa shape index (κ2) is 8.64. The molecule has 0 heterocycles. The number of hydrogen-bond donors (Lipinski definition) is 1. The summed E-state index contributed by atoms with van der Waals surface area (Å²) in [6, 6.07) is 5.81. The summed E-state index contributed by atoms with van der Waals surface area (Å²) in [7, 11) is -2.90. The molecule has 0 amide bonds. The van der Waals surface area contributed by atoms with Gasteiger partial charge >= 0.3 is 0 Å². The van der Waals surface area contributed by atoms with Crippen LogP contribution >= 0.6 is 15.9 Å². The van der Waals surface area contributed by atoms with E-state index in [9.17, 15) is 8.42 Å². The Balaban J connectivity index is 2.48. The van der Waals surface area contributed by atoms with E-state index in [-0.39, 0.29) is 11.5 Å². The normalized spacial score (nSPS) is 11.6. The molecule has 6 heteroatoms. The van der Waals surface area contributed by atoms with Gasteiger partial charge in [0.1, 0.15) is 15.6 Å². The van der Waals surface area contributed by atoms with Crippen LogP contribution < -0.4 is 10.1 Å². The van der Waals surface area contributed by atoms with Crippen LogP contribution in [0.3, 0.4) is 0 Å². The summed E-state index contributed by atoms with van der Waals surface area (Å²) in [6.45, 7) is 5.83. The minimum Gasteiger partial charge on any atom is -0.494 e. The van der Waals surface area contributed by atoms with Crippen molar-refractivity contribution in [2.45, 2.75) is 26.8 Å². The van der Waals surface area contributed by atoms with Crippen molar-refractivity contribution in [2.24, 2.45) is 0 Å². The summed E-state index contributed by atoms with van der Waals surface area (Å²) in [4.78, 5) is 0. The molecule has 1 aromatic carbocycles. The molecule has 0 saturated carbocycles. The van der Waals surface area contributed by atoms with E-state index < -0.39 is 9.84 Å². The number of benzene rings is 1. The molecule has 0 fully saturated rings. The predicted octanol–water partition coefficient (Wildman–Crippen LogP) is 2.76. The van der Waals surface area contributed by atoms with Crippen molar-refractivity contribution in [3.05, 3.63) is 28.2 Å². The molecule has 20 heavy (non-hydrogen) atoms. The van der Waals surface area contributed by atoms with Gasteiger partial charge in [0, 0.05) is 16.8 Å². The smallest absolute Gasteiger partial charge is 0.150 e. The van der Waals surface area contributed by atoms with Gasteiger partial charge in [0.15, 0.2) is 0 Å². The van der Waals surface area contributed by atoms with Gasteiger partial charge in [0.2, 0.25) is 0 Å². The molecule has 0 radical (unpaired) electrons. The summed E-state index contributed by atoms with van der Waals surface area (Å²) in [6.07, 6.45) is 0.523. The highest BCUT2D eigenvalue weighted by molar-refractivity contribution is 9.10. The first-order valence-electron chi connectivity index (χ1n) is 6.81. The van der Waals surface area contributed by atoms with E-state index in [2.05, 4.69) is 28.2 Å². The molecule has 114 valence electrons. The van der Waals surface area contributed by atoms with E-state index in [1.165, 1.54) is 0 Å². The van der Waals surface area contributed by atoms with E-state index in [1.807, 2.05) is 18.2 Å². The van der Waals surface area contributed by atoms with Crippen LogP contribution in [-0.4, -0.2) is 33.1 Å². The van der Waals surface area contributed by atoms with E-state index in [4.69, 9.17) is 4.74 Å². The van der Waals surface area contributed by atoms with E-state index >= 15 is 0 Å². The number of sulfone groups is 1. The summed E-state index contributed by atoms with van der Waals surface area (Å²) < 4.78 is 29.4. The van der Waals surface area contributed by atoms with Crippen molar-refractivity contribution >= 4 is 25.8 Å². The van der Waals surface area contributed by atoms with Gasteiger partial charge in [0.05, 0.1) is 12.4 Å². The van der Waals surface area contributed by atoms with E-state index in [0.717, 1.165) is 28.9 Å². The third-order valence-electron chi connectivity index (χ3n) is 2.89. The summed E-state index contributed by atoms with van der Waals surface area (Å²) in [5.74, 6) is 1.15. The molecule has 0 aliphatic rings. The fourth-order valence-electron chi connectivity index (χ4n) is 1.65. The van der Waals surface area contributed by atoms with Crippen LogP contribution in [-0.2, 0) is 16.4 Å². The molecular formula is C14H22BrNO3S. The van der Waals surface area contributed by atoms with Crippen LogP contribution in [0, 0.1) is 0 Å². The van der Waals surface area contributed by atoms with Gasteiger partial charge < -0.3 is 10.1 Å². The molecule has 0 spiro atoms. The monoisotopic (exact) mass is 363 g/mol. The molecule has 0 atom stereocenters. The van der Waals surface area contributed by atoms with E-state index in [0.29, 0.717) is 13.0 Å². The fourth-order valence-corrected chi connectivity index (χ4v) is 2.88. The lowest BCUT2D eigenvalue weighted by atomic mass is 10.2. The zero-order chi connectivity index (χ0) is 15.0. The quantitative estimate of drug-likeness (QED) is 0.685. The Morgan fingerprint density at radius 1 is 1.30 bits per heavy atom. The zero-order valence-corrected chi connectivity index (χ0v) is 14.4. The third kappa shape index (κ3) is 6.24. The fraction of sp³-hybridized carbons (Fsp3) is 0.571. The van der Waals surface area contributed by atoms with Crippen LogP contribution in [0.1, 0.15) is 25.8 Å². The van der Waals surface area contributed by atoms with Crippen molar-refractivity contribution < 1.29 is 13.2 Å². The van der Waals surface area contributed by atoms with Gasteiger partial charge in [0.25, 0.3) is 0 Å². The van der Waals surface area contributed by atoms with Crippen molar-refractivity contribution in [1.82, 2.24) is 5.32 Å². The minimum absolute atomic E-state index is 0.185. The summed E-state index contributed by atoms with van der Waals surface area (Å²) >= 11 is 3.50. The molecule has 4 nitrogen and oxygen atoms in total. The maximum Gasteiger partial charge on any atom is 0.150 e. The highest BCUT2D eigenvalue weighted by Gasteiger charge is 2.07. The highest BCUT2D eigenvalue weighted by atomic mass is 79.9. The maximum atomic E-state index is 11.4. The van der Waals surface area contributed by atoms with Crippen LogP contribution in [0.5, 0.6) is 5.75 Å². The van der Waals surface area contributed by atoms with Gasteiger partial charge in [-0.25, -0.2) is 8.42 Å². The maximum absolute atomic E-state index is 11.4. The second-order valence-electron chi connectivity index (χ2n) is 4.47. The molecule has 1 rings (SSSR count). The third-order valence-corrected chi connectivity index (χ3v) is 5.45. The number of halogens is 1. The molecule has 0 saturated heterocycles. The SMILES string of the molecule is CCNCc1cc(OCCCS(=O)(=O)CC)ccc1Br. The van der Waals surface area contributed by atoms with Crippen LogP contribution in [0.25, 0.3) is 0 Å². The van der Waals surface area contributed by atoms with Gasteiger partial charge in [-0.1, -0.05) is 29.8 Å². The first kappa shape index (κ1) is 17.5. The van der Waals surface area contributed by atoms with Gasteiger partial charge in [-0.15, -0.1) is 0 Å².